The number of halogens is 4. The van der Waals surface area contributed by atoms with Gasteiger partial charge in [0.25, 0.3) is 0 Å². The highest BCUT2D eigenvalue weighted by atomic mass is 35.5. The maximum atomic E-state index is 13.0. The zero-order chi connectivity index (χ0) is 17.3. The van der Waals surface area contributed by atoms with E-state index in [0.717, 1.165) is 11.6 Å². The van der Waals surface area contributed by atoms with E-state index >= 15 is 0 Å². The third kappa shape index (κ3) is 3.56. The van der Waals surface area contributed by atoms with Gasteiger partial charge in [-0.2, -0.15) is 18.3 Å². The van der Waals surface area contributed by atoms with E-state index in [2.05, 4.69) is 15.1 Å². The third-order valence-electron chi connectivity index (χ3n) is 3.37. The van der Waals surface area contributed by atoms with Crippen molar-refractivity contribution in [2.75, 3.05) is 0 Å². The smallest absolute Gasteiger partial charge is 0.239 e. The Balaban J connectivity index is 2.04. The van der Waals surface area contributed by atoms with Crippen LogP contribution in [0.25, 0.3) is 5.69 Å². The summed E-state index contributed by atoms with van der Waals surface area (Å²) in [5.74, 6) is 0.362. The maximum Gasteiger partial charge on any atom is 0.435 e. The average Bonchev–Trinajstić information content (AvgIpc) is 2.94. The molecule has 0 saturated heterocycles. The van der Waals surface area contributed by atoms with Crippen molar-refractivity contribution in [1.82, 2.24) is 19.7 Å². The van der Waals surface area contributed by atoms with Gasteiger partial charge in [-0.25, -0.2) is 14.6 Å². The van der Waals surface area contributed by atoms with Gasteiger partial charge in [0.05, 0.1) is 22.8 Å². The van der Waals surface area contributed by atoms with Gasteiger partial charge in [-0.1, -0.05) is 29.3 Å². The minimum atomic E-state index is -4.52. The van der Waals surface area contributed by atoms with Gasteiger partial charge in [-0.05, 0) is 25.1 Å². The summed E-state index contributed by atoms with van der Waals surface area (Å²) < 4.78 is 40.3. The SMILES string of the molecule is Cc1ccc(-n2nc(C(F)(F)F)cc2Cc2ncc(Cl)cn2)cc1. The van der Waals surface area contributed by atoms with Gasteiger partial charge in [0, 0.05) is 12.4 Å². The molecule has 0 saturated carbocycles. The standard InChI is InChI=1S/C16H12ClF3N4/c1-10-2-4-12(5-3-10)24-13(6-14(23-24)16(18,19)20)7-15-21-8-11(17)9-22-15/h2-6,8-9H,7H2,1H3. The van der Waals surface area contributed by atoms with Crippen molar-refractivity contribution in [3.63, 3.8) is 0 Å². The van der Waals surface area contributed by atoms with E-state index < -0.39 is 11.9 Å². The zero-order valence-corrected chi connectivity index (χ0v) is 13.3. The van der Waals surface area contributed by atoms with Gasteiger partial charge >= 0.3 is 6.18 Å². The molecule has 1 aromatic carbocycles. The Bertz CT molecular complexity index is 839. The van der Waals surface area contributed by atoms with Gasteiger partial charge in [0.1, 0.15) is 5.82 Å². The Hall–Kier alpha value is -2.41. The molecule has 0 amide bonds. The predicted octanol–water partition coefficient (Wildman–Crippen LogP) is 4.23. The molecule has 124 valence electrons. The molecule has 2 heterocycles. The van der Waals surface area contributed by atoms with Crippen molar-refractivity contribution in [1.29, 1.82) is 0 Å². The molecule has 0 bridgehead atoms. The van der Waals surface area contributed by atoms with Crippen molar-refractivity contribution in [3.8, 4) is 5.69 Å². The van der Waals surface area contributed by atoms with Crippen LogP contribution in [0.1, 0.15) is 22.8 Å². The molecular formula is C16H12ClF3N4. The lowest BCUT2D eigenvalue weighted by molar-refractivity contribution is -0.141. The third-order valence-corrected chi connectivity index (χ3v) is 3.56. The fourth-order valence-corrected chi connectivity index (χ4v) is 2.28. The summed E-state index contributed by atoms with van der Waals surface area (Å²) in [6.07, 6.45) is -1.61. The van der Waals surface area contributed by atoms with Gasteiger partial charge < -0.3 is 0 Å². The van der Waals surface area contributed by atoms with Crippen LogP contribution >= 0.6 is 11.6 Å². The lowest BCUT2D eigenvalue weighted by Gasteiger charge is -2.07. The molecule has 24 heavy (non-hydrogen) atoms. The summed E-state index contributed by atoms with van der Waals surface area (Å²) in [6, 6.07) is 8.07. The molecule has 0 aliphatic carbocycles. The van der Waals surface area contributed by atoms with Gasteiger partial charge in [-0.3, -0.25) is 0 Å². The lowest BCUT2D eigenvalue weighted by atomic mass is 10.2. The molecule has 0 atom stereocenters. The van der Waals surface area contributed by atoms with Crippen LogP contribution in [0.3, 0.4) is 0 Å². The highest BCUT2D eigenvalue weighted by Gasteiger charge is 2.35. The summed E-state index contributed by atoms with van der Waals surface area (Å²) in [6.45, 7) is 1.90. The minimum absolute atomic E-state index is 0.105. The first kappa shape index (κ1) is 16.4. The van der Waals surface area contributed by atoms with Crippen molar-refractivity contribution >= 4 is 11.6 Å². The molecular weight excluding hydrogens is 341 g/mol. The number of hydrogen-bond acceptors (Lipinski definition) is 3. The first-order valence-corrected chi connectivity index (χ1v) is 7.40. The summed E-state index contributed by atoms with van der Waals surface area (Å²) in [5, 5.41) is 4.07. The molecule has 3 rings (SSSR count). The van der Waals surface area contributed by atoms with E-state index in [1.807, 2.05) is 19.1 Å². The predicted molar refractivity (Wildman–Crippen MR) is 83.2 cm³/mol. The summed E-state index contributed by atoms with van der Waals surface area (Å²) in [7, 11) is 0. The zero-order valence-electron chi connectivity index (χ0n) is 12.5. The Morgan fingerprint density at radius 1 is 1.08 bits per heavy atom. The van der Waals surface area contributed by atoms with Gasteiger partial charge in [-0.15, -0.1) is 0 Å². The van der Waals surface area contributed by atoms with Crippen LogP contribution in [0, 0.1) is 6.92 Å². The van der Waals surface area contributed by atoms with E-state index in [1.54, 1.807) is 12.1 Å². The molecule has 4 nitrogen and oxygen atoms in total. The van der Waals surface area contributed by atoms with E-state index in [9.17, 15) is 13.2 Å². The number of aromatic nitrogens is 4. The van der Waals surface area contributed by atoms with Crippen LogP contribution in [0.4, 0.5) is 13.2 Å². The lowest BCUT2D eigenvalue weighted by Crippen LogP contribution is -2.08. The number of nitrogens with zero attached hydrogens (tertiary/aromatic N) is 4. The number of aryl methyl sites for hydroxylation is 1. The Kier molecular flexibility index (Phi) is 4.28. The topological polar surface area (TPSA) is 43.6 Å². The van der Waals surface area contributed by atoms with E-state index in [4.69, 9.17) is 11.6 Å². The molecule has 2 aromatic heterocycles. The first-order chi connectivity index (χ1) is 11.3. The summed E-state index contributed by atoms with van der Waals surface area (Å²) in [4.78, 5) is 8.06. The molecule has 0 unspecified atom stereocenters. The van der Waals surface area contributed by atoms with E-state index in [1.165, 1.54) is 17.1 Å². The Morgan fingerprint density at radius 2 is 1.71 bits per heavy atom. The van der Waals surface area contributed by atoms with Crippen LogP contribution in [0.15, 0.2) is 42.7 Å². The molecule has 0 aliphatic heterocycles. The first-order valence-electron chi connectivity index (χ1n) is 7.02. The fraction of sp³-hybridized carbons (Fsp3) is 0.188. The number of rotatable bonds is 3. The summed E-state index contributed by atoms with van der Waals surface area (Å²) >= 11 is 5.73. The average molecular weight is 353 g/mol. The summed E-state index contributed by atoms with van der Waals surface area (Å²) in [5.41, 5.74) is 0.935. The number of alkyl halides is 3. The van der Waals surface area contributed by atoms with Crippen molar-refractivity contribution < 1.29 is 13.2 Å². The largest absolute Gasteiger partial charge is 0.435 e. The van der Waals surface area contributed by atoms with Crippen molar-refractivity contribution in [2.45, 2.75) is 19.5 Å². The molecule has 0 N–H and O–H groups in total. The Labute approximate surface area is 140 Å². The van der Waals surface area contributed by atoms with Gasteiger partial charge in [0.2, 0.25) is 0 Å². The molecule has 8 heteroatoms. The normalized spacial score (nSPS) is 11.7. The number of hydrogen-bond donors (Lipinski definition) is 0. The second-order valence-electron chi connectivity index (χ2n) is 5.26. The highest BCUT2D eigenvalue weighted by Crippen LogP contribution is 2.30. The fourth-order valence-electron chi connectivity index (χ4n) is 2.19. The van der Waals surface area contributed by atoms with Crippen LogP contribution in [-0.4, -0.2) is 19.7 Å². The maximum absolute atomic E-state index is 13.0. The van der Waals surface area contributed by atoms with E-state index in [-0.39, 0.29) is 6.42 Å². The van der Waals surface area contributed by atoms with Crippen LogP contribution in [0.5, 0.6) is 0 Å². The second-order valence-corrected chi connectivity index (χ2v) is 5.70. The monoisotopic (exact) mass is 352 g/mol. The molecule has 3 aromatic rings. The van der Waals surface area contributed by atoms with Crippen molar-refractivity contribution in [3.05, 3.63) is 70.5 Å². The Morgan fingerprint density at radius 3 is 2.29 bits per heavy atom. The van der Waals surface area contributed by atoms with Crippen LogP contribution in [0.2, 0.25) is 5.02 Å². The van der Waals surface area contributed by atoms with Gasteiger partial charge in [0.15, 0.2) is 5.69 Å². The molecule has 0 radical (unpaired) electrons. The highest BCUT2D eigenvalue weighted by molar-refractivity contribution is 6.30. The van der Waals surface area contributed by atoms with E-state index in [0.29, 0.717) is 22.2 Å². The van der Waals surface area contributed by atoms with Crippen LogP contribution in [-0.2, 0) is 12.6 Å². The van der Waals surface area contributed by atoms with Crippen molar-refractivity contribution in [2.24, 2.45) is 0 Å². The second kappa shape index (κ2) is 6.24. The molecule has 0 aliphatic rings. The molecule has 0 fully saturated rings. The quantitative estimate of drug-likeness (QED) is 0.708. The number of benzene rings is 1. The molecule has 0 spiro atoms. The minimum Gasteiger partial charge on any atom is -0.239 e. The van der Waals surface area contributed by atoms with Crippen LogP contribution < -0.4 is 0 Å².